The molecule has 2 heterocycles. The molecule has 0 spiro atoms. The lowest BCUT2D eigenvalue weighted by atomic mass is 9.86. The maximum absolute atomic E-state index is 12.8. The van der Waals surface area contributed by atoms with Gasteiger partial charge in [0.1, 0.15) is 0 Å². The summed E-state index contributed by atoms with van der Waals surface area (Å²) in [7, 11) is 0. The molecule has 146 valence electrons. The van der Waals surface area contributed by atoms with E-state index in [4.69, 9.17) is 23.2 Å². The second-order valence-corrected chi connectivity index (χ2v) is 9.99. The average molecular weight is 451 g/mol. The van der Waals surface area contributed by atoms with Crippen LogP contribution in [0.5, 0.6) is 0 Å². The summed E-state index contributed by atoms with van der Waals surface area (Å²) in [5.41, 5.74) is 2.99. The first kappa shape index (κ1) is 19.9. The van der Waals surface area contributed by atoms with Crippen molar-refractivity contribution in [2.75, 3.05) is 5.32 Å². The topological polar surface area (TPSA) is 42.0 Å². The van der Waals surface area contributed by atoms with E-state index in [0.717, 1.165) is 34.8 Å². The van der Waals surface area contributed by atoms with E-state index in [1.54, 1.807) is 29.7 Å². The van der Waals surface area contributed by atoms with Crippen LogP contribution >= 0.6 is 45.9 Å². The first-order valence-corrected chi connectivity index (χ1v) is 11.8. The highest BCUT2D eigenvalue weighted by molar-refractivity contribution is 7.15. The van der Waals surface area contributed by atoms with Crippen LogP contribution in [0.15, 0.2) is 29.8 Å². The number of rotatable bonds is 5. The zero-order valence-corrected chi connectivity index (χ0v) is 18.6. The molecule has 3 aromatic rings. The van der Waals surface area contributed by atoms with E-state index in [9.17, 15) is 4.79 Å². The highest BCUT2D eigenvalue weighted by Crippen LogP contribution is 2.35. The monoisotopic (exact) mass is 450 g/mol. The third-order valence-electron chi connectivity index (χ3n) is 5.23. The fourth-order valence-corrected chi connectivity index (χ4v) is 6.00. The molecule has 1 N–H and O–H groups in total. The number of nitrogens with one attached hydrogen (secondary N) is 1. The van der Waals surface area contributed by atoms with Crippen molar-refractivity contribution in [1.82, 2.24) is 4.98 Å². The molecule has 0 saturated heterocycles. The van der Waals surface area contributed by atoms with Crippen molar-refractivity contribution in [3.8, 4) is 0 Å². The number of thiophene rings is 1. The maximum Gasteiger partial charge on any atom is 0.258 e. The number of thiazole rings is 1. The smallest absolute Gasteiger partial charge is 0.258 e. The Labute approximate surface area is 182 Å². The second kappa shape index (κ2) is 8.54. The Morgan fingerprint density at radius 3 is 3.04 bits per heavy atom. The lowest BCUT2D eigenvalue weighted by Crippen LogP contribution is -2.17. The second-order valence-electron chi connectivity index (χ2n) is 7.07. The number of anilines is 1. The number of fused-ring (bicyclic) bond motifs is 1. The van der Waals surface area contributed by atoms with Gasteiger partial charge in [-0.1, -0.05) is 36.5 Å². The average Bonchev–Trinajstić information content (AvgIpc) is 3.30. The van der Waals surface area contributed by atoms with Gasteiger partial charge in [0.05, 0.1) is 5.56 Å². The summed E-state index contributed by atoms with van der Waals surface area (Å²) < 4.78 is 0. The summed E-state index contributed by atoms with van der Waals surface area (Å²) in [6.07, 6.45) is 6.90. The van der Waals surface area contributed by atoms with Gasteiger partial charge in [0.25, 0.3) is 5.91 Å². The summed E-state index contributed by atoms with van der Waals surface area (Å²) in [6.45, 7) is 2.24. The van der Waals surface area contributed by atoms with Crippen molar-refractivity contribution in [2.24, 2.45) is 5.92 Å². The van der Waals surface area contributed by atoms with E-state index in [1.165, 1.54) is 34.6 Å². The van der Waals surface area contributed by atoms with Crippen molar-refractivity contribution < 1.29 is 4.79 Å². The third-order valence-corrected chi connectivity index (χ3v) is 7.79. The van der Waals surface area contributed by atoms with Crippen molar-refractivity contribution in [2.45, 2.75) is 39.0 Å². The third kappa shape index (κ3) is 4.28. The van der Waals surface area contributed by atoms with Crippen LogP contribution in [0.3, 0.4) is 0 Å². The predicted molar refractivity (Wildman–Crippen MR) is 119 cm³/mol. The number of carbonyl (C=O) groups excluding carboxylic acids is 1. The first-order valence-electron chi connectivity index (χ1n) is 9.32. The molecule has 1 unspecified atom stereocenters. The van der Waals surface area contributed by atoms with Crippen LogP contribution < -0.4 is 5.32 Å². The molecule has 1 aromatic carbocycles. The van der Waals surface area contributed by atoms with E-state index in [-0.39, 0.29) is 5.91 Å². The number of benzene rings is 1. The van der Waals surface area contributed by atoms with Gasteiger partial charge in [-0.2, -0.15) is 0 Å². The van der Waals surface area contributed by atoms with E-state index < -0.39 is 0 Å². The van der Waals surface area contributed by atoms with Crippen LogP contribution in [-0.4, -0.2) is 10.9 Å². The van der Waals surface area contributed by atoms with Crippen LogP contribution in [0.4, 0.5) is 5.13 Å². The number of carbonyl (C=O) groups is 1. The Kier molecular flexibility index (Phi) is 6.07. The summed E-state index contributed by atoms with van der Waals surface area (Å²) in [6, 6.07) is 5.44. The Balaban J connectivity index is 1.45. The van der Waals surface area contributed by atoms with Crippen molar-refractivity contribution in [3.63, 3.8) is 0 Å². The van der Waals surface area contributed by atoms with Gasteiger partial charge >= 0.3 is 0 Å². The molecule has 2 aromatic heterocycles. The number of hydrogen-bond donors (Lipinski definition) is 1. The number of hydrogen-bond acceptors (Lipinski definition) is 4. The van der Waals surface area contributed by atoms with Gasteiger partial charge in [-0.3, -0.25) is 10.1 Å². The zero-order valence-electron chi connectivity index (χ0n) is 15.4. The minimum absolute atomic E-state index is 0.0610. The number of nitrogens with zero attached hydrogens (tertiary/aromatic N) is 1. The van der Waals surface area contributed by atoms with E-state index >= 15 is 0 Å². The van der Waals surface area contributed by atoms with Gasteiger partial charge in [0, 0.05) is 37.8 Å². The highest BCUT2D eigenvalue weighted by Gasteiger charge is 2.24. The normalized spacial score (nSPS) is 16.0. The molecular weight excluding hydrogens is 431 g/mol. The van der Waals surface area contributed by atoms with Crippen molar-refractivity contribution in [1.29, 1.82) is 0 Å². The number of halogens is 2. The molecule has 4 rings (SSSR count). The summed E-state index contributed by atoms with van der Waals surface area (Å²) in [5.74, 6) is 0.691. The summed E-state index contributed by atoms with van der Waals surface area (Å²) in [4.78, 5) is 19.6. The van der Waals surface area contributed by atoms with Gasteiger partial charge in [-0.05, 0) is 54.5 Å². The lowest BCUT2D eigenvalue weighted by molar-refractivity contribution is 0.102. The predicted octanol–water partition coefficient (Wildman–Crippen LogP) is 6.87. The minimum atomic E-state index is -0.0610. The van der Waals surface area contributed by atoms with Gasteiger partial charge < -0.3 is 0 Å². The summed E-state index contributed by atoms with van der Waals surface area (Å²) in [5, 5.41) is 6.91. The van der Waals surface area contributed by atoms with E-state index in [2.05, 4.69) is 17.2 Å². The molecule has 0 aliphatic heterocycles. The standard InChI is InChI=1S/C21H20Cl2N2OS2/c1-2-12-3-5-16-17(11-27-19(16)7-12)20(26)25-21-24-10-15(28-21)9-13-8-14(22)4-6-18(13)23/h4,6,8,10-12H,2-3,5,7,9H2,1H3,(H,24,25,26). The van der Waals surface area contributed by atoms with Gasteiger partial charge in [-0.25, -0.2) is 4.98 Å². The zero-order chi connectivity index (χ0) is 19.7. The van der Waals surface area contributed by atoms with Gasteiger partial charge in [0.2, 0.25) is 0 Å². The van der Waals surface area contributed by atoms with Crippen LogP contribution in [0.25, 0.3) is 0 Å². The number of amides is 1. The molecule has 1 aliphatic rings. The maximum atomic E-state index is 12.8. The van der Waals surface area contributed by atoms with Crippen molar-refractivity contribution in [3.05, 3.63) is 66.3 Å². The SMILES string of the molecule is CCC1CCc2c(C(=O)Nc3ncc(Cc4cc(Cl)ccc4Cl)s3)csc2C1. The molecule has 3 nitrogen and oxygen atoms in total. The highest BCUT2D eigenvalue weighted by atomic mass is 35.5. The Hall–Kier alpha value is -1.40. The molecule has 0 radical (unpaired) electrons. The molecule has 28 heavy (non-hydrogen) atoms. The largest absolute Gasteiger partial charge is 0.298 e. The van der Waals surface area contributed by atoms with Gasteiger partial charge in [-0.15, -0.1) is 22.7 Å². The van der Waals surface area contributed by atoms with Crippen LogP contribution in [-0.2, 0) is 19.3 Å². The van der Waals surface area contributed by atoms with Gasteiger partial charge in [0.15, 0.2) is 5.13 Å². The van der Waals surface area contributed by atoms with Crippen LogP contribution in [0.2, 0.25) is 10.0 Å². The quantitative estimate of drug-likeness (QED) is 0.460. The minimum Gasteiger partial charge on any atom is -0.298 e. The number of aromatic nitrogens is 1. The lowest BCUT2D eigenvalue weighted by Gasteiger charge is -2.21. The van der Waals surface area contributed by atoms with Crippen LogP contribution in [0, 0.1) is 5.92 Å². The molecule has 0 saturated carbocycles. The van der Waals surface area contributed by atoms with Crippen LogP contribution in [0.1, 0.15) is 51.0 Å². The molecule has 1 amide bonds. The van der Waals surface area contributed by atoms with E-state index in [0.29, 0.717) is 21.6 Å². The Bertz CT molecular complexity index is 1010. The molecule has 7 heteroatoms. The fourth-order valence-electron chi connectivity index (χ4n) is 3.60. The molecule has 1 atom stereocenters. The first-order chi connectivity index (χ1) is 13.5. The molecule has 0 bridgehead atoms. The Morgan fingerprint density at radius 2 is 2.21 bits per heavy atom. The fraction of sp³-hybridized carbons (Fsp3) is 0.333. The van der Waals surface area contributed by atoms with Crippen molar-refractivity contribution >= 4 is 56.9 Å². The van der Waals surface area contributed by atoms with E-state index in [1.807, 2.05) is 11.4 Å². The molecular formula is C21H20Cl2N2OS2. The molecule has 0 fully saturated rings. The summed E-state index contributed by atoms with van der Waals surface area (Å²) >= 11 is 15.5. The molecule has 1 aliphatic carbocycles. The Morgan fingerprint density at radius 1 is 1.36 bits per heavy atom.